The molecule has 1 aliphatic heterocycles. The van der Waals surface area contributed by atoms with E-state index in [0.717, 1.165) is 51.2 Å². The van der Waals surface area contributed by atoms with E-state index < -0.39 is 5.60 Å². The Balaban J connectivity index is 1.37. The van der Waals surface area contributed by atoms with Crippen molar-refractivity contribution in [3.63, 3.8) is 0 Å². The molecule has 0 radical (unpaired) electrons. The second-order valence-electron chi connectivity index (χ2n) is 11.0. The van der Waals surface area contributed by atoms with Crippen molar-refractivity contribution in [2.45, 2.75) is 89.6 Å². The third kappa shape index (κ3) is 2.90. The molecule has 0 spiro atoms. The third-order valence-electron chi connectivity index (χ3n) is 10.3. The first-order valence-electron chi connectivity index (χ1n) is 11.9. The Morgan fingerprint density at radius 3 is 2.48 bits per heavy atom. The molecule has 8 atom stereocenters. The highest BCUT2D eigenvalue weighted by Crippen LogP contribution is 2.69. The van der Waals surface area contributed by atoms with Crippen molar-refractivity contribution in [3.05, 3.63) is 0 Å². The number of ether oxygens (including phenoxy) is 3. The van der Waals surface area contributed by atoms with E-state index in [2.05, 4.69) is 13.8 Å². The molecule has 164 valence electrons. The Morgan fingerprint density at radius 2 is 1.72 bits per heavy atom. The summed E-state index contributed by atoms with van der Waals surface area (Å²) in [6, 6.07) is 0. The van der Waals surface area contributed by atoms with Gasteiger partial charge in [-0.3, -0.25) is 0 Å². The van der Waals surface area contributed by atoms with Gasteiger partial charge in [-0.25, -0.2) is 0 Å². The second-order valence-corrected chi connectivity index (χ2v) is 11.0. The van der Waals surface area contributed by atoms with Crippen molar-refractivity contribution in [1.82, 2.24) is 0 Å². The molecule has 0 aromatic rings. The SMILES string of the molecule is C[C@]12CCC(OCC=O)CC1CC[C@@H]1[C@H]2CC[C@]2(C)C(C3OCCO3)CC[C@@]12O. The van der Waals surface area contributed by atoms with Gasteiger partial charge in [-0.15, -0.1) is 0 Å². The van der Waals surface area contributed by atoms with E-state index in [1.165, 1.54) is 12.8 Å². The topological polar surface area (TPSA) is 65.0 Å². The van der Waals surface area contributed by atoms with Crippen molar-refractivity contribution >= 4 is 6.29 Å². The summed E-state index contributed by atoms with van der Waals surface area (Å²) in [7, 11) is 0. The lowest BCUT2D eigenvalue weighted by Crippen LogP contribution is -2.63. The fraction of sp³-hybridized carbons (Fsp3) is 0.958. The Labute approximate surface area is 174 Å². The fourth-order valence-electron chi connectivity index (χ4n) is 8.60. The van der Waals surface area contributed by atoms with Gasteiger partial charge in [-0.05, 0) is 81.0 Å². The standard InChI is InChI=1S/C24H38O5/c1-22-8-5-17(27-12-11-25)15-16(22)3-4-19-18(22)6-9-23(2)20(7-10-24(19,23)26)21-28-13-14-29-21/h11,16-21,26H,3-10,12-15H2,1-2H3/t16?,17?,18-,19-,20?,22+,23-,24-/m1/s1. The fourth-order valence-corrected chi connectivity index (χ4v) is 8.60. The monoisotopic (exact) mass is 406 g/mol. The Bertz CT molecular complexity index is 633. The molecule has 5 rings (SSSR count). The van der Waals surface area contributed by atoms with E-state index in [9.17, 15) is 9.90 Å². The highest BCUT2D eigenvalue weighted by molar-refractivity contribution is 5.50. The van der Waals surface area contributed by atoms with Crippen LogP contribution in [0.3, 0.4) is 0 Å². The summed E-state index contributed by atoms with van der Waals surface area (Å²) >= 11 is 0. The maximum absolute atomic E-state index is 12.2. The van der Waals surface area contributed by atoms with Crippen LogP contribution in [0.15, 0.2) is 0 Å². The van der Waals surface area contributed by atoms with Gasteiger partial charge in [0.2, 0.25) is 0 Å². The zero-order valence-corrected chi connectivity index (χ0v) is 18.1. The zero-order chi connectivity index (χ0) is 20.3. The number of aliphatic hydroxyl groups is 1. The molecule has 0 aromatic heterocycles. The van der Waals surface area contributed by atoms with Gasteiger partial charge in [0.25, 0.3) is 0 Å². The first-order chi connectivity index (χ1) is 13.9. The highest BCUT2D eigenvalue weighted by Gasteiger charge is 2.68. The summed E-state index contributed by atoms with van der Waals surface area (Å²) in [5.41, 5.74) is -0.398. The number of aldehydes is 1. The van der Waals surface area contributed by atoms with Gasteiger partial charge in [0.1, 0.15) is 12.9 Å². The van der Waals surface area contributed by atoms with E-state index in [-0.39, 0.29) is 24.4 Å². The molecule has 0 bridgehead atoms. The summed E-state index contributed by atoms with van der Waals surface area (Å²) in [4.78, 5) is 10.7. The zero-order valence-electron chi connectivity index (χ0n) is 18.1. The summed E-state index contributed by atoms with van der Waals surface area (Å²) < 4.78 is 17.6. The molecule has 1 heterocycles. The normalized spacial score (nSPS) is 52.6. The predicted molar refractivity (Wildman–Crippen MR) is 108 cm³/mol. The van der Waals surface area contributed by atoms with Crippen molar-refractivity contribution in [2.75, 3.05) is 19.8 Å². The molecule has 0 amide bonds. The lowest BCUT2D eigenvalue weighted by atomic mass is 9.43. The smallest absolute Gasteiger partial charge is 0.161 e. The van der Waals surface area contributed by atoms with Crippen molar-refractivity contribution in [3.8, 4) is 0 Å². The Morgan fingerprint density at radius 1 is 0.966 bits per heavy atom. The second kappa shape index (κ2) is 7.29. The van der Waals surface area contributed by atoms with Crippen LogP contribution in [0.2, 0.25) is 0 Å². The van der Waals surface area contributed by atoms with Crippen molar-refractivity contribution < 1.29 is 24.1 Å². The summed E-state index contributed by atoms with van der Waals surface area (Å²) in [5.74, 6) is 1.95. The molecule has 4 saturated carbocycles. The van der Waals surface area contributed by atoms with Crippen molar-refractivity contribution in [2.24, 2.45) is 34.5 Å². The molecular weight excluding hydrogens is 368 g/mol. The minimum atomic E-state index is -0.589. The molecule has 1 N–H and O–H groups in total. The van der Waals surface area contributed by atoms with Crippen LogP contribution in [0.4, 0.5) is 0 Å². The van der Waals surface area contributed by atoms with E-state index >= 15 is 0 Å². The average molecular weight is 407 g/mol. The lowest BCUT2D eigenvalue weighted by molar-refractivity contribution is -0.228. The maximum atomic E-state index is 12.2. The van der Waals surface area contributed by atoms with E-state index in [0.29, 0.717) is 42.3 Å². The number of rotatable bonds is 4. The Hall–Kier alpha value is -0.490. The number of hydrogen-bond acceptors (Lipinski definition) is 5. The summed E-state index contributed by atoms with van der Waals surface area (Å²) in [6.45, 7) is 6.42. The van der Waals surface area contributed by atoms with Crippen LogP contribution in [0.5, 0.6) is 0 Å². The summed E-state index contributed by atoms with van der Waals surface area (Å²) in [6.07, 6.45) is 10.8. The minimum Gasteiger partial charge on any atom is -0.389 e. The Kier molecular flexibility index (Phi) is 5.13. The number of carbonyl (C=O) groups is 1. The van der Waals surface area contributed by atoms with Gasteiger partial charge in [-0.1, -0.05) is 13.8 Å². The molecule has 29 heavy (non-hydrogen) atoms. The van der Waals surface area contributed by atoms with Crippen molar-refractivity contribution in [1.29, 1.82) is 0 Å². The van der Waals surface area contributed by atoms with Gasteiger partial charge in [-0.2, -0.15) is 0 Å². The van der Waals surface area contributed by atoms with Crippen LogP contribution in [-0.2, 0) is 19.0 Å². The predicted octanol–water partition coefficient (Wildman–Crippen LogP) is 3.72. The van der Waals surface area contributed by atoms with Crippen LogP contribution < -0.4 is 0 Å². The molecule has 4 aliphatic carbocycles. The van der Waals surface area contributed by atoms with Crippen LogP contribution in [0.1, 0.15) is 71.6 Å². The molecular formula is C24H38O5. The molecule has 5 nitrogen and oxygen atoms in total. The van der Waals surface area contributed by atoms with Crippen LogP contribution >= 0.6 is 0 Å². The molecule has 5 heteroatoms. The maximum Gasteiger partial charge on any atom is 0.161 e. The minimum absolute atomic E-state index is 0.101. The first-order valence-corrected chi connectivity index (χ1v) is 11.9. The molecule has 5 aliphatic rings. The number of carbonyl (C=O) groups excluding carboxylic acids is 1. The van der Waals surface area contributed by atoms with Crippen LogP contribution in [-0.4, -0.2) is 49.2 Å². The lowest BCUT2D eigenvalue weighted by Gasteiger charge is -2.63. The van der Waals surface area contributed by atoms with Crippen LogP contribution in [0.25, 0.3) is 0 Å². The van der Waals surface area contributed by atoms with Gasteiger partial charge < -0.3 is 24.1 Å². The van der Waals surface area contributed by atoms with Gasteiger partial charge in [0, 0.05) is 11.3 Å². The third-order valence-corrected chi connectivity index (χ3v) is 10.3. The van der Waals surface area contributed by atoms with E-state index in [1.807, 2.05) is 0 Å². The first kappa shape index (κ1) is 20.4. The summed E-state index contributed by atoms with van der Waals surface area (Å²) in [5, 5.41) is 12.2. The number of hydrogen-bond donors (Lipinski definition) is 1. The molecule has 0 aromatic carbocycles. The molecule has 5 fully saturated rings. The highest BCUT2D eigenvalue weighted by atomic mass is 16.7. The molecule has 1 saturated heterocycles. The number of fused-ring (bicyclic) bond motifs is 5. The van der Waals surface area contributed by atoms with Crippen LogP contribution in [0, 0.1) is 34.5 Å². The molecule has 3 unspecified atom stereocenters. The van der Waals surface area contributed by atoms with Gasteiger partial charge in [0.05, 0.1) is 24.9 Å². The van der Waals surface area contributed by atoms with E-state index in [4.69, 9.17) is 14.2 Å². The van der Waals surface area contributed by atoms with Gasteiger partial charge >= 0.3 is 0 Å². The van der Waals surface area contributed by atoms with Gasteiger partial charge in [0.15, 0.2) is 6.29 Å². The quantitative estimate of drug-likeness (QED) is 0.721. The van der Waals surface area contributed by atoms with E-state index in [1.54, 1.807) is 0 Å². The average Bonchev–Trinajstić information content (AvgIpc) is 3.32. The largest absolute Gasteiger partial charge is 0.389 e.